The van der Waals surface area contributed by atoms with E-state index in [0.717, 1.165) is 0 Å². The van der Waals surface area contributed by atoms with E-state index in [0.29, 0.717) is 15.6 Å². The molecule has 0 heterocycles. The predicted molar refractivity (Wildman–Crippen MR) is 72.9 cm³/mol. The molecule has 0 radical (unpaired) electrons. The van der Waals surface area contributed by atoms with Crippen molar-refractivity contribution in [2.45, 2.75) is 0 Å². The molecule has 1 aliphatic carbocycles. The molecule has 0 saturated carbocycles. The second kappa shape index (κ2) is 4.20. The summed E-state index contributed by atoms with van der Waals surface area (Å²) in [6, 6.07) is 9.65. The van der Waals surface area contributed by atoms with E-state index < -0.39 is 0 Å². The molecule has 5 heteroatoms. The van der Waals surface area contributed by atoms with E-state index in [1.165, 1.54) is 6.07 Å². The second-order valence-electron chi connectivity index (χ2n) is 4.11. The number of ketones is 2. The van der Waals surface area contributed by atoms with Crippen LogP contribution in [0, 0.1) is 4.91 Å². The molecule has 92 valence electrons. The summed E-state index contributed by atoms with van der Waals surface area (Å²) in [4.78, 5) is 35.7. The highest BCUT2D eigenvalue weighted by Crippen LogP contribution is 2.37. The normalized spacial score (nSPS) is 12.9. The molecule has 0 amide bonds. The zero-order valence-electron chi connectivity index (χ0n) is 9.51. The van der Waals surface area contributed by atoms with Gasteiger partial charge in [-0.25, -0.2) is 0 Å². The van der Waals surface area contributed by atoms with E-state index >= 15 is 0 Å². The Kier molecular flexibility index (Phi) is 2.64. The summed E-state index contributed by atoms with van der Waals surface area (Å²) in [5, 5.41) is 2.87. The minimum absolute atomic E-state index is 0.0228. The monoisotopic (exact) mass is 315 g/mol. The van der Waals surface area contributed by atoms with Gasteiger partial charge in [0, 0.05) is 21.2 Å². The Hall–Kier alpha value is -2.14. The van der Waals surface area contributed by atoms with Crippen molar-refractivity contribution in [2.24, 2.45) is 5.18 Å². The Morgan fingerprint density at radius 2 is 1.47 bits per heavy atom. The number of carbonyl (C=O) groups is 2. The van der Waals surface area contributed by atoms with E-state index in [1.807, 2.05) is 0 Å². The quantitative estimate of drug-likeness (QED) is 0.644. The molecule has 0 saturated heterocycles. The van der Waals surface area contributed by atoms with Crippen molar-refractivity contribution in [1.29, 1.82) is 0 Å². The lowest BCUT2D eigenvalue weighted by molar-refractivity contribution is 0.0979. The maximum absolute atomic E-state index is 12.4. The van der Waals surface area contributed by atoms with Crippen LogP contribution in [-0.4, -0.2) is 11.6 Å². The number of nitroso groups, excluding NO2 is 1. The molecule has 19 heavy (non-hydrogen) atoms. The van der Waals surface area contributed by atoms with Gasteiger partial charge < -0.3 is 0 Å². The zero-order valence-corrected chi connectivity index (χ0v) is 11.1. The predicted octanol–water partition coefficient (Wildman–Crippen LogP) is 3.62. The van der Waals surface area contributed by atoms with E-state index in [9.17, 15) is 14.5 Å². The molecular weight excluding hydrogens is 310 g/mol. The minimum Gasteiger partial charge on any atom is -0.289 e. The van der Waals surface area contributed by atoms with Crippen LogP contribution in [0.5, 0.6) is 0 Å². The Morgan fingerprint density at radius 1 is 0.842 bits per heavy atom. The first-order valence-corrected chi connectivity index (χ1v) is 6.28. The SMILES string of the molecule is O=Nc1c(Br)ccc2c1C(=O)c1ccccc1C2=O. The molecule has 0 aromatic heterocycles. The van der Waals surface area contributed by atoms with Crippen LogP contribution in [0.25, 0.3) is 0 Å². The standard InChI is InChI=1S/C14H6BrNO3/c15-10-6-5-9-11(12(10)16-19)14(18)8-4-2-1-3-7(8)13(9)17/h1-6H. The average molecular weight is 316 g/mol. The molecule has 0 unspecified atom stereocenters. The topological polar surface area (TPSA) is 63.6 Å². The lowest BCUT2D eigenvalue weighted by Crippen LogP contribution is -2.20. The zero-order chi connectivity index (χ0) is 13.6. The molecule has 4 nitrogen and oxygen atoms in total. The first-order chi connectivity index (χ1) is 9.15. The molecule has 0 spiro atoms. The summed E-state index contributed by atoms with van der Waals surface area (Å²) < 4.78 is 0.404. The van der Waals surface area contributed by atoms with Gasteiger partial charge in [-0.05, 0) is 33.2 Å². The van der Waals surface area contributed by atoms with Crippen molar-refractivity contribution in [3.05, 3.63) is 68.0 Å². The van der Waals surface area contributed by atoms with Crippen molar-refractivity contribution < 1.29 is 9.59 Å². The van der Waals surface area contributed by atoms with Crippen molar-refractivity contribution in [2.75, 3.05) is 0 Å². The molecule has 0 fully saturated rings. The first kappa shape index (κ1) is 11.9. The van der Waals surface area contributed by atoms with Crippen LogP contribution in [0.3, 0.4) is 0 Å². The first-order valence-electron chi connectivity index (χ1n) is 5.49. The van der Waals surface area contributed by atoms with E-state index in [1.54, 1.807) is 30.3 Å². The summed E-state index contributed by atoms with van der Waals surface area (Å²) >= 11 is 3.17. The Morgan fingerprint density at radius 3 is 2.11 bits per heavy atom. The maximum Gasteiger partial charge on any atom is 0.196 e. The lowest BCUT2D eigenvalue weighted by atomic mass is 9.83. The molecule has 3 rings (SSSR count). The van der Waals surface area contributed by atoms with Crippen LogP contribution in [0.2, 0.25) is 0 Å². The number of hydrogen-bond donors (Lipinski definition) is 0. The van der Waals surface area contributed by atoms with E-state index in [2.05, 4.69) is 21.1 Å². The van der Waals surface area contributed by atoms with Crippen LogP contribution in [0.1, 0.15) is 31.8 Å². The molecule has 1 aliphatic rings. The third kappa shape index (κ3) is 1.58. The van der Waals surface area contributed by atoms with Gasteiger partial charge in [0.25, 0.3) is 0 Å². The number of nitrogens with zero attached hydrogens (tertiary/aromatic N) is 1. The number of rotatable bonds is 1. The van der Waals surface area contributed by atoms with Crippen molar-refractivity contribution in [3.8, 4) is 0 Å². The highest BCUT2D eigenvalue weighted by molar-refractivity contribution is 9.10. The maximum atomic E-state index is 12.4. The lowest BCUT2D eigenvalue weighted by Gasteiger charge is -2.18. The smallest absolute Gasteiger partial charge is 0.196 e. The Labute approximate surface area is 116 Å². The van der Waals surface area contributed by atoms with Gasteiger partial charge in [0.15, 0.2) is 11.6 Å². The van der Waals surface area contributed by atoms with Crippen LogP contribution in [0.4, 0.5) is 5.69 Å². The van der Waals surface area contributed by atoms with Gasteiger partial charge in [-0.2, -0.15) is 0 Å². The summed E-state index contributed by atoms with van der Waals surface area (Å²) in [5.74, 6) is -0.608. The van der Waals surface area contributed by atoms with Gasteiger partial charge in [-0.1, -0.05) is 24.3 Å². The largest absolute Gasteiger partial charge is 0.289 e. The van der Waals surface area contributed by atoms with Crippen LogP contribution < -0.4 is 0 Å². The second-order valence-corrected chi connectivity index (χ2v) is 4.97. The number of benzene rings is 2. The summed E-state index contributed by atoms with van der Waals surface area (Å²) in [6.45, 7) is 0. The van der Waals surface area contributed by atoms with Crippen molar-refractivity contribution >= 4 is 33.2 Å². The average Bonchev–Trinajstić information content (AvgIpc) is 2.44. The van der Waals surface area contributed by atoms with Crippen LogP contribution in [-0.2, 0) is 0 Å². The van der Waals surface area contributed by atoms with Gasteiger partial charge >= 0.3 is 0 Å². The number of carbonyl (C=O) groups excluding carboxylic acids is 2. The molecular formula is C14H6BrNO3. The van der Waals surface area contributed by atoms with Crippen LogP contribution >= 0.6 is 15.9 Å². The summed E-state index contributed by atoms with van der Waals surface area (Å²) in [6.07, 6.45) is 0. The molecule has 2 aromatic carbocycles. The van der Waals surface area contributed by atoms with Crippen molar-refractivity contribution in [3.63, 3.8) is 0 Å². The summed E-state index contributed by atoms with van der Waals surface area (Å²) in [7, 11) is 0. The van der Waals surface area contributed by atoms with Gasteiger partial charge in [-0.3, -0.25) is 9.59 Å². The van der Waals surface area contributed by atoms with Gasteiger partial charge in [-0.15, -0.1) is 4.91 Å². The van der Waals surface area contributed by atoms with Gasteiger partial charge in [0.2, 0.25) is 0 Å². The molecule has 0 N–H and O–H groups in total. The molecule has 2 aromatic rings. The highest BCUT2D eigenvalue weighted by atomic mass is 79.9. The molecule has 0 bridgehead atoms. The highest BCUT2D eigenvalue weighted by Gasteiger charge is 2.32. The minimum atomic E-state index is -0.346. The Bertz CT molecular complexity index is 752. The number of fused-ring (bicyclic) bond motifs is 2. The fourth-order valence-electron chi connectivity index (χ4n) is 2.23. The fourth-order valence-corrected chi connectivity index (χ4v) is 2.64. The van der Waals surface area contributed by atoms with E-state index in [-0.39, 0.29) is 28.4 Å². The van der Waals surface area contributed by atoms with Crippen molar-refractivity contribution in [1.82, 2.24) is 0 Å². The van der Waals surface area contributed by atoms with Crippen LogP contribution in [0.15, 0.2) is 46.0 Å². The number of halogens is 1. The van der Waals surface area contributed by atoms with Gasteiger partial charge in [0.05, 0.1) is 5.56 Å². The number of hydrogen-bond acceptors (Lipinski definition) is 4. The van der Waals surface area contributed by atoms with E-state index in [4.69, 9.17) is 0 Å². The fraction of sp³-hybridized carbons (Fsp3) is 0. The molecule has 0 atom stereocenters. The third-order valence-electron chi connectivity index (χ3n) is 3.11. The third-order valence-corrected chi connectivity index (χ3v) is 3.75. The molecule has 0 aliphatic heterocycles. The summed E-state index contributed by atoms with van der Waals surface area (Å²) in [5.41, 5.74) is 0.946. The Balaban J connectivity index is 2.39. The van der Waals surface area contributed by atoms with Gasteiger partial charge in [0.1, 0.15) is 5.69 Å².